The molecule has 0 bridgehead atoms. The second-order valence-corrected chi connectivity index (χ2v) is 7.09. The Morgan fingerprint density at radius 2 is 1.92 bits per heavy atom. The standard InChI is InChI=1S/C17H24F3N3O2.ClH/c1-11(23-9-8-14(21)16(2,3)10-23)15(24)22-12-4-6-13(7-5-12)25-17(18,19)20;/h4-7,11,14H,8-10,21H2,1-3H3,(H,22,24);1H. The number of ether oxygens (including phenoxy) is 1. The van der Waals surface area contributed by atoms with Gasteiger partial charge in [-0.3, -0.25) is 9.69 Å². The SMILES string of the molecule is CC(C(=O)Nc1ccc(OC(F)(F)F)cc1)N1CCC(N)C(C)(C)C1.Cl. The molecule has 1 aliphatic rings. The lowest BCUT2D eigenvalue weighted by atomic mass is 9.79. The molecule has 1 amide bonds. The van der Waals surface area contributed by atoms with Gasteiger partial charge in [0, 0.05) is 24.8 Å². The first-order valence-corrected chi connectivity index (χ1v) is 8.14. The van der Waals surface area contributed by atoms with E-state index in [-0.39, 0.29) is 41.6 Å². The molecule has 1 aromatic carbocycles. The predicted molar refractivity (Wildman–Crippen MR) is 96.4 cm³/mol. The fraction of sp³-hybridized carbons (Fsp3) is 0.588. The van der Waals surface area contributed by atoms with Crippen molar-refractivity contribution in [1.82, 2.24) is 4.90 Å². The van der Waals surface area contributed by atoms with Crippen LogP contribution in [0.1, 0.15) is 27.2 Å². The van der Waals surface area contributed by atoms with Gasteiger partial charge in [0.1, 0.15) is 5.75 Å². The molecule has 0 radical (unpaired) electrons. The third kappa shape index (κ3) is 6.03. The highest BCUT2D eigenvalue weighted by Gasteiger charge is 2.36. The van der Waals surface area contributed by atoms with Crippen molar-refractivity contribution in [3.8, 4) is 5.75 Å². The monoisotopic (exact) mass is 395 g/mol. The second kappa shape index (κ2) is 8.45. The zero-order valence-corrected chi connectivity index (χ0v) is 15.8. The number of amides is 1. The molecule has 9 heteroatoms. The van der Waals surface area contributed by atoms with Gasteiger partial charge in [0.2, 0.25) is 5.91 Å². The number of nitrogens with one attached hydrogen (secondary N) is 1. The van der Waals surface area contributed by atoms with Crippen molar-refractivity contribution < 1.29 is 22.7 Å². The summed E-state index contributed by atoms with van der Waals surface area (Å²) >= 11 is 0. The van der Waals surface area contributed by atoms with Gasteiger partial charge >= 0.3 is 6.36 Å². The lowest BCUT2D eigenvalue weighted by Crippen LogP contribution is -2.56. The molecular weight excluding hydrogens is 371 g/mol. The van der Waals surface area contributed by atoms with Crippen LogP contribution < -0.4 is 15.8 Å². The Kier molecular flexibility index (Phi) is 7.33. The van der Waals surface area contributed by atoms with Crippen molar-refractivity contribution >= 4 is 24.0 Å². The summed E-state index contributed by atoms with van der Waals surface area (Å²) in [4.78, 5) is 14.5. The van der Waals surface area contributed by atoms with Crippen molar-refractivity contribution in [2.24, 2.45) is 11.1 Å². The Bertz CT molecular complexity index is 608. The van der Waals surface area contributed by atoms with E-state index >= 15 is 0 Å². The molecule has 1 fully saturated rings. The molecule has 0 saturated carbocycles. The van der Waals surface area contributed by atoms with Crippen LogP contribution in [0.5, 0.6) is 5.75 Å². The molecule has 1 heterocycles. The topological polar surface area (TPSA) is 67.6 Å². The van der Waals surface area contributed by atoms with E-state index in [1.807, 2.05) is 6.92 Å². The number of piperidine rings is 1. The van der Waals surface area contributed by atoms with Crippen LogP contribution in [0.15, 0.2) is 24.3 Å². The zero-order valence-electron chi connectivity index (χ0n) is 15.0. The number of carbonyl (C=O) groups excluding carboxylic acids is 1. The number of nitrogens with two attached hydrogens (primary N) is 1. The Morgan fingerprint density at radius 1 is 1.35 bits per heavy atom. The maximum atomic E-state index is 12.4. The molecule has 0 spiro atoms. The van der Waals surface area contributed by atoms with Gasteiger partial charge in [-0.1, -0.05) is 13.8 Å². The molecule has 1 aliphatic heterocycles. The normalized spacial score (nSPS) is 21.4. The van der Waals surface area contributed by atoms with Gasteiger partial charge in [0.05, 0.1) is 6.04 Å². The van der Waals surface area contributed by atoms with Crippen LogP contribution in [0.2, 0.25) is 0 Å². The van der Waals surface area contributed by atoms with E-state index in [4.69, 9.17) is 5.73 Å². The smallest absolute Gasteiger partial charge is 0.406 e. The quantitative estimate of drug-likeness (QED) is 0.820. The number of carbonyl (C=O) groups is 1. The molecule has 26 heavy (non-hydrogen) atoms. The summed E-state index contributed by atoms with van der Waals surface area (Å²) in [5, 5.41) is 2.72. The maximum absolute atomic E-state index is 12.4. The molecule has 1 aromatic rings. The van der Waals surface area contributed by atoms with E-state index in [9.17, 15) is 18.0 Å². The summed E-state index contributed by atoms with van der Waals surface area (Å²) in [6.07, 6.45) is -3.92. The lowest BCUT2D eigenvalue weighted by molar-refractivity contribution is -0.274. The number of nitrogens with zero attached hydrogens (tertiary/aromatic N) is 1. The predicted octanol–water partition coefficient (Wildman–Crippen LogP) is 3.39. The lowest BCUT2D eigenvalue weighted by Gasteiger charge is -2.44. The van der Waals surface area contributed by atoms with Crippen molar-refractivity contribution in [2.75, 3.05) is 18.4 Å². The molecule has 1 saturated heterocycles. The molecule has 2 atom stereocenters. The van der Waals surface area contributed by atoms with Crippen LogP contribution in [0.25, 0.3) is 0 Å². The number of likely N-dealkylation sites (tertiary alicyclic amines) is 1. The molecular formula is C17H25ClF3N3O2. The minimum Gasteiger partial charge on any atom is -0.406 e. The Balaban J connectivity index is 0.00000338. The van der Waals surface area contributed by atoms with Gasteiger partial charge in [-0.05, 0) is 43.0 Å². The van der Waals surface area contributed by atoms with E-state index < -0.39 is 6.36 Å². The average Bonchev–Trinajstić information content (AvgIpc) is 2.49. The number of hydrogen-bond donors (Lipinski definition) is 2. The molecule has 0 aromatic heterocycles. The van der Waals surface area contributed by atoms with Gasteiger partial charge in [-0.15, -0.1) is 25.6 Å². The highest BCUT2D eigenvalue weighted by Crippen LogP contribution is 2.29. The van der Waals surface area contributed by atoms with Gasteiger partial charge in [-0.2, -0.15) is 0 Å². The summed E-state index contributed by atoms with van der Waals surface area (Å²) in [5.74, 6) is -0.541. The highest BCUT2D eigenvalue weighted by molar-refractivity contribution is 5.94. The summed E-state index contributed by atoms with van der Waals surface area (Å²) in [6, 6.07) is 4.81. The van der Waals surface area contributed by atoms with Crippen LogP contribution in [-0.4, -0.2) is 42.3 Å². The Labute approximate surface area is 157 Å². The zero-order chi connectivity index (χ0) is 18.8. The van der Waals surface area contributed by atoms with Crippen LogP contribution in [-0.2, 0) is 4.79 Å². The minimum atomic E-state index is -4.73. The third-order valence-corrected chi connectivity index (χ3v) is 4.62. The summed E-state index contributed by atoms with van der Waals surface area (Å²) in [7, 11) is 0. The number of halogens is 4. The first-order chi connectivity index (χ1) is 11.5. The summed E-state index contributed by atoms with van der Waals surface area (Å²) < 4.78 is 40.2. The first kappa shape index (κ1) is 22.5. The maximum Gasteiger partial charge on any atom is 0.573 e. The van der Waals surface area contributed by atoms with E-state index in [2.05, 4.69) is 28.8 Å². The van der Waals surface area contributed by atoms with E-state index in [0.717, 1.165) is 25.1 Å². The number of anilines is 1. The fourth-order valence-corrected chi connectivity index (χ4v) is 2.90. The highest BCUT2D eigenvalue weighted by atomic mass is 35.5. The van der Waals surface area contributed by atoms with Crippen LogP contribution in [0, 0.1) is 5.41 Å². The number of rotatable bonds is 4. The summed E-state index contributed by atoms with van der Waals surface area (Å²) in [5.41, 5.74) is 6.45. The fourth-order valence-electron chi connectivity index (χ4n) is 2.90. The van der Waals surface area contributed by atoms with Crippen LogP contribution in [0.3, 0.4) is 0 Å². The van der Waals surface area contributed by atoms with Gasteiger partial charge in [-0.25, -0.2) is 0 Å². The van der Waals surface area contributed by atoms with Crippen LogP contribution >= 0.6 is 12.4 Å². The van der Waals surface area contributed by atoms with E-state index in [0.29, 0.717) is 12.2 Å². The number of benzene rings is 1. The van der Waals surface area contributed by atoms with Crippen molar-refractivity contribution in [3.05, 3.63) is 24.3 Å². The molecule has 2 rings (SSSR count). The van der Waals surface area contributed by atoms with Gasteiger partial charge in [0.25, 0.3) is 0 Å². The van der Waals surface area contributed by atoms with E-state index in [1.165, 1.54) is 12.1 Å². The first-order valence-electron chi connectivity index (χ1n) is 8.14. The molecule has 5 nitrogen and oxygen atoms in total. The largest absolute Gasteiger partial charge is 0.573 e. The van der Waals surface area contributed by atoms with Crippen molar-refractivity contribution in [1.29, 1.82) is 0 Å². The molecule has 2 unspecified atom stereocenters. The molecule has 0 aliphatic carbocycles. The summed E-state index contributed by atoms with van der Waals surface area (Å²) in [6.45, 7) is 7.41. The van der Waals surface area contributed by atoms with Crippen molar-refractivity contribution in [2.45, 2.75) is 45.6 Å². The Morgan fingerprint density at radius 3 is 2.42 bits per heavy atom. The van der Waals surface area contributed by atoms with E-state index in [1.54, 1.807) is 0 Å². The van der Waals surface area contributed by atoms with Gasteiger partial charge in [0.15, 0.2) is 0 Å². The Hall–Kier alpha value is -1.51. The van der Waals surface area contributed by atoms with Gasteiger partial charge < -0.3 is 15.8 Å². The molecule has 148 valence electrons. The molecule has 3 N–H and O–H groups in total. The van der Waals surface area contributed by atoms with Crippen LogP contribution in [0.4, 0.5) is 18.9 Å². The minimum absolute atomic E-state index is 0. The average molecular weight is 396 g/mol. The van der Waals surface area contributed by atoms with Crippen molar-refractivity contribution in [3.63, 3.8) is 0 Å². The number of alkyl halides is 3. The second-order valence-electron chi connectivity index (χ2n) is 7.09. The number of hydrogen-bond acceptors (Lipinski definition) is 4. The third-order valence-electron chi connectivity index (χ3n) is 4.62.